The Morgan fingerprint density at radius 2 is 1.89 bits per heavy atom. The lowest BCUT2D eigenvalue weighted by molar-refractivity contribution is 0.182. The maximum Gasteiger partial charge on any atom is 0.0587 e. The van der Waals surface area contributed by atoms with Gasteiger partial charge in [-0.15, -0.1) is 0 Å². The monoisotopic (exact) mass is 261 g/mol. The summed E-state index contributed by atoms with van der Waals surface area (Å²) in [5, 5.41) is 13.2. The predicted octanol–water partition coefficient (Wildman–Crippen LogP) is 3.00. The number of hydrogen-bond donors (Lipinski definition) is 2. The van der Waals surface area contributed by atoms with Gasteiger partial charge in [-0.2, -0.15) is 0 Å². The summed E-state index contributed by atoms with van der Waals surface area (Å²) in [5.74, 6) is 1.64. The molecule has 0 radical (unpaired) electrons. The fourth-order valence-corrected chi connectivity index (χ4v) is 3.11. The summed E-state index contributed by atoms with van der Waals surface area (Å²) in [4.78, 5) is 0. The van der Waals surface area contributed by atoms with Crippen LogP contribution in [0.1, 0.15) is 38.7 Å². The number of aliphatic hydroxyl groups excluding tert-OH is 1. The van der Waals surface area contributed by atoms with Gasteiger partial charge in [0.25, 0.3) is 0 Å². The highest BCUT2D eigenvalue weighted by molar-refractivity contribution is 5.16. The molecule has 0 spiro atoms. The molecule has 1 aliphatic rings. The Labute approximate surface area is 117 Å². The van der Waals surface area contributed by atoms with Gasteiger partial charge in [0.1, 0.15) is 0 Å². The average Bonchev–Trinajstić information content (AvgIpc) is 2.43. The van der Waals surface area contributed by atoms with Crippen molar-refractivity contribution in [3.05, 3.63) is 35.9 Å². The topological polar surface area (TPSA) is 32.3 Å². The highest BCUT2D eigenvalue weighted by Crippen LogP contribution is 2.29. The molecular formula is C17H27NO. The smallest absolute Gasteiger partial charge is 0.0587 e. The summed E-state index contributed by atoms with van der Waals surface area (Å²) < 4.78 is 0. The first-order valence-electron chi connectivity index (χ1n) is 7.60. The van der Waals surface area contributed by atoms with Crippen molar-refractivity contribution in [3.8, 4) is 0 Å². The van der Waals surface area contributed by atoms with E-state index in [9.17, 15) is 5.11 Å². The van der Waals surface area contributed by atoms with Gasteiger partial charge in [-0.05, 0) is 43.1 Å². The second-order valence-corrected chi connectivity index (χ2v) is 6.20. The molecule has 1 aromatic rings. The van der Waals surface area contributed by atoms with Crippen LogP contribution in [0, 0.1) is 11.8 Å². The maximum atomic E-state index is 9.57. The van der Waals surface area contributed by atoms with E-state index in [0.29, 0.717) is 6.04 Å². The van der Waals surface area contributed by atoms with E-state index in [1.54, 1.807) is 0 Å². The Bertz CT molecular complexity index is 365. The van der Waals surface area contributed by atoms with Gasteiger partial charge in [0, 0.05) is 12.1 Å². The van der Waals surface area contributed by atoms with Gasteiger partial charge < -0.3 is 10.4 Å². The number of nitrogens with one attached hydrogen (secondary N) is 1. The number of benzene rings is 1. The summed E-state index contributed by atoms with van der Waals surface area (Å²) >= 11 is 0. The van der Waals surface area contributed by atoms with Crippen molar-refractivity contribution in [2.45, 2.75) is 51.6 Å². The van der Waals surface area contributed by atoms with E-state index in [-0.39, 0.29) is 12.6 Å². The highest BCUT2D eigenvalue weighted by atomic mass is 16.3. The minimum atomic E-state index is 0.188. The molecule has 4 atom stereocenters. The summed E-state index contributed by atoms with van der Waals surface area (Å²) in [6, 6.07) is 11.2. The van der Waals surface area contributed by atoms with Crippen molar-refractivity contribution in [3.63, 3.8) is 0 Å². The largest absolute Gasteiger partial charge is 0.395 e. The summed E-state index contributed by atoms with van der Waals surface area (Å²) in [6.07, 6.45) is 4.71. The van der Waals surface area contributed by atoms with Crippen molar-refractivity contribution in [2.24, 2.45) is 11.8 Å². The summed E-state index contributed by atoms with van der Waals surface area (Å²) in [6.45, 7) is 4.92. The van der Waals surface area contributed by atoms with Crippen LogP contribution in [0.2, 0.25) is 0 Å². The van der Waals surface area contributed by atoms with Crippen molar-refractivity contribution in [1.82, 2.24) is 5.32 Å². The zero-order valence-electron chi connectivity index (χ0n) is 12.2. The quantitative estimate of drug-likeness (QED) is 0.854. The molecule has 0 heterocycles. The number of rotatable bonds is 5. The first kappa shape index (κ1) is 14.5. The highest BCUT2D eigenvalue weighted by Gasteiger charge is 2.25. The van der Waals surface area contributed by atoms with E-state index in [0.717, 1.165) is 18.3 Å². The molecule has 0 amide bonds. The van der Waals surface area contributed by atoms with Gasteiger partial charge in [-0.3, -0.25) is 0 Å². The lowest BCUT2D eigenvalue weighted by Gasteiger charge is -2.34. The van der Waals surface area contributed by atoms with Crippen LogP contribution in [0.15, 0.2) is 30.3 Å². The Balaban J connectivity index is 1.85. The van der Waals surface area contributed by atoms with Gasteiger partial charge in [0.2, 0.25) is 0 Å². The average molecular weight is 261 g/mol. The first-order chi connectivity index (χ1) is 9.19. The van der Waals surface area contributed by atoms with Crippen LogP contribution in [-0.4, -0.2) is 23.8 Å². The molecule has 2 nitrogen and oxygen atoms in total. The molecule has 0 saturated heterocycles. The third-order valence-electron chi connectivity index (χ3n) is 4.61. The lowest BCUT2D eigenvalue weighted by Crippen LogP contribution is -2.45. The molecule has 2 rings (SSSR count). The standard InChI is InChI=1S/C17H27NO/c1-13-8-9-16(10-14(13)2)18-17(12-19)11-15-6-4-3-5-7-15/h3-7,13-14,16-19H,8-12H2,1-2H3/t13?,14?,16?,17-/m0/s1. The van der Waals surface area contributed by atoms with Gasteiger partial charge >= 0.3 is 0 Å². The van der Waals surface area contributed by atoms with Crippen LogP contribution in [0.3, 0.4) is 0 Å². The van der Waals surface area contributed by atoms with Gasteiger partial charge in [-0.25, -0.2) is 0 Å². The Hall–Kier alpha value is -0.860. The predicted molar refractivity (Wildman–Crippen MR) is 80.1 cm³/mol. The molecule has 2 heteroatoms. The Morgan fingerprint density at radius 1 is 1.16 bits per heavy atom. The van der Waals surface area contributed by atoms with Crippen LogP contribution in [0.5, 0.6) is 0 Å². The van der Waals surface area contributed by atoms with Crippen LogP contribution >= 0.6 is 0 Å². The Kier molecular flexibility index (Phi) is 5.41. The van der Waals surface area contributed by atoms with E-state index >= 15 is 0 Å². The maximum absolute atomic E-state index is 9.57. The van der Waals surface area contributed by atoms with Crippen molar-refractivity contribution in [2.75, 3.05) is 6.61 Å². The summed E-state index contributed by atoms with van der Waals surface area (Å²) in [7, 11) is 0. The molecule has 0 aliphatic heterocycles. The van der Waals surface area contributed by atoms with Crippen LogP contribution < -0.4 is 5.32 Å². The fraction of sp³-hybridized carbons (Fsp3) is 0.647. The van der Waals surface area contributed by atoms with Crippen molar-refractivity contribution in [1.29, 1.82) is 0 Å². The normalized spacial score (nSPS) is 29.1. The lowest BCUT2D eigenvalue weighted by atomic mass is 9.79. The third kappa shape index (κ3) is 4.32. The molecule has 2 N–H and O–H groups in total. The van der Waals surface area contributed by atoms with E-state index < -0.39 is 0 Å². The van der Waals surface area contributed by atoms with E-state index in [1.807, 2.05) is 6.07 Å². The molecule has 1 aliphatic carbocycles. The van der Waals surface area contributed by atoms with Crippen LogP contribution in [0.4, 0.5) is 0 Å². The van der Waals surface area contributed by atoms with Gasteiger partial charge in [-0.1, -0.05) is 44.2 Å². The molecule has 1 aromatic carbocycles. The molecule has 19 heavy (non-hydrogen) atoms. The first-order valence-corrected chi connectivity index (χ1v) is 7.60. The van der Waals surface area contributed by atoms with Crippen LogP contribution in [-0.2, 0) is 6.42 Å². The number of aliphatic hydroxyl groups is 1. The minimum Gasteiger partial charge on any atom is -0.395 e. The fourth-order valence-electron chi connectivity index (χ4n) is 3.11. The SMILES string of the molecule is CC1CCC(N[C@H](CO)Cc2ccccc2)CC1C. The van der Waals surface area contributed by atoms with Crippen molar-refractivity contribution >= 4 is 0 Å². The zero-order chi connectivity index (χ0) is 13.7. The molecule has 1 fully saturated rings. The number of hydrogen-bond acceptors (Lipinski definition) is 2. The molecule has 1 saturated carbocycles. The Morgan fingerprint density at radius 3 is 2.53 bits per heavy atom. The van der Waals surface area contributed by atoms with Gasteiger partial charge in [0.05, 0.1) is 6.61 Å². The minimum absolute atomic E-state index is 0.188. The molecular weight excluding hydrogens is 234 g/mol. The third-order valence-corrected chi connectivity index (χ3v) is 4.61. The second kappa shape index (κ2) is 7.06. The van der Waals surface area contributed by atoms with E-state index in [1.165, 1.54) is 24.8 Å². The molecule has 106 valence electrons. The van der Waals surface area contributed by atoms with E-state index in [4.69, 9.17) is 0 Å². The second-order valence-electron chi connectivity index (χ2n) is 6.20. The van der Waals surface area contributed by atoms with Crippen LogP contribution in [0.25, 0.3) is 0 Å². The van der Waals surface area contributed by atoms with Crippen molar-refractivity contribution < 1.29 is 5.11 Å². The molecule has 0 aromatic heterocycles. The van der Waals surface area contributed by atoms with Gasteiger partial charge in [0.15, 0.2) is 0 Å². The molecule has 0 bridgehead atoms. The van der Waals surface area contributed by atoms with E-state index in [2.05, 4.69) is 43.4 Å². The molecule has 3 unspecified atom stereocenters. The zero-order valence-corrected chi connectivity index (χ0v) is 12.2. The summed E-state index contributed by atoms with van der Waals surface area (Å²) in [5.41, 5.74) is 1.30.